The normalized spacial score (nSPS) is 23.7. The highest BCUT2D eigenvalue weighted by Gasteiger charge is 2.24. The molecule has 2 heterocycles. The summed E-state index contributed by atoms with van der Waals surface area (Å²) in [5.41, 5.74) is 0. The third-order valence-electron chi connectivity index (χ3n) is 2.46. The third-order valence-corrected chi connectivity index (χ3v) is 2.46. The molecule has 0 N–H and O–H groups in total. The summed E-state index contributed by atoms with van der Waals surface area (Å²) in [6.45, 7) is 1.07. The van der Waals surface area contributed by atoms with Crippen LogP contribution in [0.5, 0.6) is 0 Å². The van der Waals surface area contributed by atoms with Crippen LogP contribution in [0.1, 0.15) is 24.7 Å². The average molecular weight is 181 g/mol. The van der Waals surface area contributed by atoms with Crippen LogP contribution in [-0.2, 0) is 0 Å². The predicted octanol–water partition coefficient (Wildman–Crippen LogP) is 1.38. The first kappa shape index (κ1) is 8.56. The molecule has 13 heavy (non-hydrogen) atoms. The number of hydrogen-bond donors (Lipinski definition) is 0. The van der Waals surface area contributed by atoms with E-state index in [0.717, 1.165) is 18.8 Å². The summed E-state index contributed by atoms with van der Waals surface area (Å²) < 4.78 is 12.5. The number of likely N-dealkylation sites (tertiary alicyclic amines) is 1. The highest BCUT2D eigenvalue weighted by molar-refractivity contribution is 4.99. The monoisotopic (exact) mass is 181 g/mol. The first-order valence-electron chi connectivity index (χ1n) is 4.45. The smallest absolute Gasteiger partial charge is 0.159 e. The van der Waals surface area contributed by atoms with Crippen LogP contribution in [0.3, 0.4) is 0 Å². The van der Waals surface area contributed by atoms with Crippen molar-refractivity contribution in [3.63, 3.8) is 0 Å². The second-order valence-corrected chi connectivity index (χ2v) is 3.40. The highest BCUT2D eigenvalue weighted by atomic mass is 19.1. The van der Waals surface area contributed by atoms with Gasteiger partial charge in [0.1, 0.15) is 5.82 Å². The summed E-state index contributed by atoms with van der Waals surface area (Å²) in [4.78, 5) is 10.2. The van der Waals surface area contributed by atoms with Crippen molar-refractivity contribution in [1.82, 2.24) is 14.9 Å². The zero-order chi connectivity index (χ0) is 9.26. The highest BCUT2D eigenvalue weighted by Crippen LogP contribution is 2.27. The Morgan fingerprint density at radius 3 is 2.69 bits per heavy atom. The standard InChI is InChI=1S/C9H12FN3/c1-13-4-2-3-8(13)9-11-5-7(10)6-12-9/h5-6,8H,2-4H2,1H3/t8-/m0/s1. The maximum atomic E-state index is 12.5. The molecule has 1 aliphatic rings. The van der Waals surface area contributed by atoms with Crippen molar-refractivity contribution in [3.05, 3.63) is 24.0 Å². The lowest BCUT2D eigenvalue weighted by atomic mass is 10.2. The van der Waals surface area contributed by atoms with E-state index in [1.54, 1.807) is 0 Å². The molecule has 0 aromatic carbocycles. The SMILES string of the molecule is CN1CCC[C@H]1c1ncc(F)cn1. The van der Waals surface area contributed by atoms with Crippen LogP contribution >= 0.6 is 0 Å². The second kappa shape index (κ2) is 3.38. The minimum Gasteiger partial charge on any atom is -0.296 e. The zero-order valence-electron chi connectivity index (χ0n) is 7.57. The van der Waals surface area contributed by atoms with Crippen LogP contribution in [0.2, 0.25) is 0 Å². The molecule has 1 aromatic heterocycles. The minimum atomic E-state index is -0.371. The van der Waals surface area contributed by atoms with Crippen molar-refractivity contribution in [2.45, 2.75) is 18.9 Å². The van der Waals surface area contributed by atoms with Gasteiger partial charge >= 0.3 is 0 Å². The van der Waals surface area contributed by atoms with E-state index < -0.39 is 0 Å². The molecule has 1 fully saturated rings. The fourth-order valence-electron chi connectivity index (χ4n) is 1.73. The van der Waals surface area contributed by atoms with Crippen LogP contribution in [-0.4, -0.2) is 28.5 Å². The van der Waals surface area contributed by atoms with Crippen molar-refractivity contribution >= 4 is 0 Å². The maximum Gasteiger partial charge on any atom is 0.159 e. The molecular weight excluding hydrogens is 169 g/mol. The number of nitrogens with zero attached hydrogens (tertiary/aromatic N) is 3. The molecule has 0 amide bonds. The fraction of sp³-hybridized carbons (Fsp3) is 0.556. The summed E-state index contributed by atoms with van der Waals surface area (Å²) in [5.74, 6) is 0.366. The van der Waals surface area contributed by atoms with Crippen LogP contribution in [0.4, 0.5) is 4.39 Å². The maximum absolute atomic E-state index is 12.5. The van der Waals surface area contributed by atoms with Crippen molar-refractivity contribution < 1.29 is 4.39 Å². The summed E-state index contributed by atoms with van der Waals surface area (Å²) in [6, 6.07) is 0.278. The van der Waals surface area contributed by atoms with E-state index in [1.807, 2.05) is 7.05 Å². The Bertz CT molecular complexity index is 285. The Balaban J connectivity index is 2.20. The molecule has 0 bridgehead atoms. The summed E-state index contributed by atoms with van der Waals surface area (Å²) in [5, 5.41) is 0. The molecule has 2 rings (SSSR count). The van der Waals surface area contributed by atoms with Gasteiger partial charge in [0.2, 0.25) is 0 Å². The van der Waals surface area contributed by atoms with E-state index >= 15 is 0 Å². The van der Waals surface area contributed by atoms with Gasteiger partial charge in [0.05, 0.1) is 18.4 Å². The van der Waals surface area contributed by atoms with Crippen molar-refractivity contribution in [2.75, 3.05) is 13.6 Å². The van der Waals surface area contributed by atoms with Gasteiger partial charge in [-0.25, -0.2) is 14.4 Å². The minimum absolute atomic E-state index is 0.278. The molecule has 1 atom stereocenters. The van der Waals surface area contributed by atoms with Gasteiger partial charge in [-0.2, -0.15) is 0 Å². The first-order valence-corrected chi connectivity index (χ1v) is 4.45. The molecule has 1 aliphatic heterocycles. The Hall–Kier alpha value is -1.03. The van der Waals surface area contributed by atoms with Crippen molar-refractivity contribution in [3.8, 4) is 0 Å². The van der Waals surface area contributed by atoms with Gasteiger partial charge in [-0.1, -0.05) is 0 Å². The van der Waals surface area contributed by atoms with Crippen LogP contribution in [0.15, 0.2) is 12.4 Å². The third kappa shape index (κ3) is 1.67. The fourth-order valence-corrected chi connectivity index (χ4v) is 1.73. The van der Waals surface area contributed by atoms with Gasteiger partial charge < -0.3 is 0 Å². The van der Waals surface area contributed by atoms with Gasteiger partial charge in [0.25, 0.3) is 0 Å². The molecule has 3 nitrogen and oxygen atoms in total. The number of rotatable bonds is 1. The lowest BCUT2D eigenvalue weighted by molar-refractivity contribution is 0.305. The van der Waals surface area contributed by atoms with Crippen LogP contribution < -0.4 is 0 Å². The van der Waals surface area contributed by atoms with E-state index in [2.05, 4.69) is 14.9 Å². The van der Waals surface area contributed by atoms with Crippen molar-refractivity contribution in [1.29, 1.82) is 0 Å². The molecule has 1 aromatic rings. The summed E-state index contributed by atoms with van der Waals surface area (Å²) in [7, 11) is 2.05. The average Bonchev–Trinajstić information content (AvgIpc) is 2.53. The molecule has 70 valence electrons. The Labute approximate surface area is 76.6 Å². The van der Waals surface area contributed by atoms with E-state index in [4.69, 9.17) is 0 Å². The zero-order valence-corrected chi connectivity index (χ0v) is 7.57. The van der Waals surface area contributed by atoms with Gasteiger partial charge in [-0.3, -0.25) is 4.90 Å². The Morgan fingerprint density at radius 2 is 2.15 bits per heavy atom. The second-order valence-electron chi connectivity index (χ2n) is 3.40. The number of aromatic nitrogens is 2. The summed E-state index contributed by atoms with van der Waals surface area (Å²) >= 11 is 0. The first-order chi connectivity index (χ1) is 6.27. The lowest BCUT2D eigenvalue weighted by Crippen LogP contribution is -2.19. The molecule has 0 unspecified atom stereocenters. The molecule has 0 spiro atoms. The van der Waals surface area contributed by atoms with E-state index in [-0.39, 0.29) is 11.9 Å². The predicted molar refractivity (Wildman–Crippen MR) is 46.6 cm³/mol. The molecule has 0 radical (unpaired) electrons. The van der Waals surface area contributed by atoms with Gasteiger partial charge in [0.15, 0.2) is 5.82 Å². The van der Waals surface area contributed by atoms with E-state index in [1.165, 1.54) is 18.8 Å². The number of hydrogen-bond acceptors (Lipinski definition) is 3. The van der Waals surface area contributed by atoms with Gasteiger partial charge in [-0.15, -0.1) is 0 Å². The Kier molecular flexibility index (Phi) is 2.22. The van der Waals surface area contributed by atoms with Crippen molar-refractivity contribution in [2.24, 2.45) is 0 Å². The summed E-state index contributed by atoms with van der Waals surface area (Å²) in [6.07, 6.45) is 4.70. The van der Waals surface area contributed by atoms with E-state index in [0.29, 0.717) is 0 Å². The lowest BCUT2D eigenvalue weighted by Gasteiger charge is -2.17. The quantitative estimate of drug-likeness (QED) is 0.655. The van der Waals surface area contributed by atoms with Gasteiger partial charge in [-0.05, 0) is 26.4 Å². The van der Waals surface area contributed by atoms with Gasteiger partial charge in [0, 0.05) is 0 Å². The Morgan fingerprint density at radius 1 is 1.46 bits per heavy atom. The molecule has 0 aliphatic carbocycles. The largest absolute Gasteiger partial charge is 0.296 e. The van der Waals surface area contributed by atoms with Crippen LogP contribution in [0, 0.1) is 5.82 Å². The molecule has 4 heteroatoms. The topological polar surface area (TPSA) is 29.0 Å². The molecule has 0 saturated carbocycles. The molecule has 1 saturated heterocycles. The van der Waals surface area contributed by atoms with Crippen LogP contribution in [0.25, 0.3) is 0 Å². The molecular formula is C9H12FN3. The number of halogens is 1. The van der Waals surface area contributed by atoms with E-state index in [9.17, 15) is 4.39 Å².